The Kier molecular flexibility index (Phi) is 4.88. The molecule has 0 spiro atoms. The highest BCUT2D eigenvalue weighted by atomic mass is 16.6. The molecule has 7 heteroatoms. The molecule has 0 unspecified atom stereocenters. The average molecular weight is 303 g/mol. The first-order chi connectivity index (χ1) is 10.5. The Morgan fingerprint density at radius 1 is 1.36 bits per heavy atom. The molecule has 1 N–H and O–H groups in total. The van der Waals surface area contributed by atoms with Crippen molar-refractivity contribution in [2.24, 2.45) is 0 Å². The molecule has 7 nitrogen and oxygen atoms in total. The van der Waals surface area contributed by atoms with E-state index >= 15 is 0 Å². The van der Waals surface area contributed by atoms with E-state index in [-0.39, 0.29) is 24.6 Å². The minimum absolute atomic E-state index is 0.00789. The smallest absolute Gasteiger partial charge is 0.274 e. The molecule has 0 fully saturated rings. The van der Waals surface area contributed by atoms with Gasteiger partial charge in [-0.1, -0.05) is 23.4 Å². The molecule has 0 radical (unpaired) electrons. The zero-order valence-electron chi connectivity index (χ0n) is 12.5. The predicted octanol–water partition coefficient (Wildman–Crippen LogP) is 2.45. The highest BCUT2D eigenvalue weighted by molar-refractivity contribution is 5.76. The van der Waals surface area contributed by atoms with Gasteiger partial charge in [-0.15, -0.1) is 0 Å². The average Bonchev–Trinajstić information content (AvgIpc) is 2.82. The van der Waals surface area contributed by atoms with E-state index < -0.39 is 4.92 Å². The molecule has 0 aliphatic heterocycles. The molecule has 2 rings (SSSR count). The maximum Gasteiger partial charge on any atom is 0.274 e. The SMILES string of the molecule is Cc1noc(C)c1CCC(=O)NCc1ccccc1[N+](=O)[O-]. The van der Waals surface area contributed by atoms with Gasteiger partial charge in [-0.05, 0) is 20.3 Å². The molecule has 1 heterocycles. The van der Waals surface area contributed by atoms with Crippen LogP contribution in [0.15, 0.2) is 28.8 Å². The summed E-state index contributed by atoms with van der Waals surface area (Å²) >= 11 is 0. The van der Waals surface area contributed by atoms with Gasteiger partial charge in [0, 0.05) is 30.2 Å². The molecular weight excluding hydrogens is 286 g/mol. The lowest BCUT2D eigenvalue weighted by atomic mass is 10.1. The van der Waals surface area contributed by atoms with E-state index in [9.17, 15) is 14.9 Å². The number of nitro benzene ring substituents is 1. The van der Waals surface area contributed by atoms with Crippen molar-refractivity contribution in [2.45, 2.75) is 33.2 Å². The summed E-state index contributed by atoms with van der Waals surface area (Å²) in [6, 6.07) is 6.36. The summed E-state index contributed by atoms with van der Waals surface area (Å²) in [6.07, 6.45) is 0.813. The number of benzene rings is 1. The lowest BCUT2D eigenvalue weighted by Gasteiger charge is -2.06. The number of para-hydroxylation sites is 1. The van der Waals surface area contributed by atoms with Gasteiger partial charge >= 0.3 is 0 Å². The van der Waals surface area contributed by atoms with Gasteiger partial charge in [0.15, 0.2) is 0 Å². The zero-order valence-corrected chi connectivity index (χ0v) is 12.5. The molecule has 1 aromatic heterocycles. The molecule has 1 amide bonds. The molecule has 2 aromatic rings. The standard InChI is InChI=1S/C15H17N3O4/c1-10-13(11(2)22-17-10)7-8-15(19)16-9-12-5-3-4-6-14(12)18(20)21/h3-6H,7-9H2,1-2H3,(H,16,19). The molecule has 0 atom stereocenters. The Labute approximate surface area is 127 Å². The Bertz CT molecular complexity index is 674. The Hall–Kier alpha value is -2.70. The lowest BCUT2D eigenvalue weighted by Crippen LogP contribution is -2.23. The first-order valence-electron chi connectivity index (χ1n) is 6.89. The van der Waals surface area contributed by atoms with E-state index in [4.69, 9.17) is 4.52 Å². The maximum atomic E-state index is 11.9. The normalized spacial score (nSPS) is 10.5. The summed E-state index contributed by atoms with van der Waals surface area (Å²) in [5.41, 5.74) is 2.21. The van der Waals surface area contributed by atoms with Crippen LogP contribution in [0.5, 0.6) is 0 Å². The quantitative estimate of drug-likeness (QED) is 0.653. The Morgan fingerprint density at radius 3 is 2.73 bits per heavy atom. The Balaban J connectivity index is 1.90. The van der Waals surface area contributed by atoms with E-state index in [0.717, 1.165) is 11.3 Å². The highest BCUT2D eigenvalue weighted by Crippen LogP contribution is 2.17. The van der Waals surface area contributed by atoms with Crippen LogP contribution in [0.2, 0.25) is 0 Å². The van der Waals surface area contributed by atoms with Crippen molar-refractivity contribution in [1.82, 2.24) is 10.5 Å². The van der Waals surface area contributed by atoms with Gasteiger partial charge in [0.25, 0.3) is 5.69 Å². The van der Waals surface area contributed by atoms with Crippen molar-refractivity contribution in [1.29, 1.82) is 0 Å². The number of carbonyl (C=O) groups is 1. The maximum absolute atomic E-state index is 11.9. The van der Waals surface area contributed by atoms with Crippen LogP contribution >= 0.6 is 0 Å². The number of aromatic nitrogens is 1. The second-order valence-electron chi connectivity index (χ2n) is 4.97. The van der Waals surface area contributed by atoms with Crippen LogP contribution in [0.1, 0.15) is 29.0 Å². The molecule has 0 aliphatic rings. The van der Waals surface area contributed by atoms with E-state index in [1.807, 2.05) is 6.92 Å². The van der Waals surface area contributed by atoms with Gasteiger partial charge in [-0.2, -0.15) is 0 Å². The van der Waals surface area contributed by atoms with Gasteiger partial charge in [-0.3, -0.25) is 14.9 Å². The summed E-state index contributed by atoms with van der Waals surface area (Å²) < 4.78 is 5.04. The van der Waals surface area contributed by atoms with Crippen LogP contribution < -0.4 is 5.32 Å². The number of hydrogen-bond donors (Lipinski definition) is 1. The van der Waals surface area contributed by atoms with Crippen LogP contribution in [-0.2, 0) is 17.8 Å². The largest absolute Gasteiger partial charge is 0.361 e. The van der Waals surface area contributed by atoms with Crippen molar-refractivity contribution in [2.75, 3.05) is 0 Å². The number of carbonyl (C=O) groups excluding carboxylic acids is 1. The number of rotatable bonds is 6. The Morgan fingerprint density at radius 2 is 2.09 bits per heavy atom. The number of nitro groups is 1. The first kappa shape index (κ1) is 15.7. The molecule has 116 valence electrons. The lowest BCUT2D eigenvalue weighted by molar-refractivity contribution is -0.385. The second-order valence-corrected chi connectivity index (χ2v) is 4.97. The summed E-state index contributed by atoms with van der Waals surface area (Å²) in [6.45, 7) is 3.77. The molecule has 0 bridgehead atoms. The monoisotopic (exact) mass is 303 g/mol. The first-order valence-corrected chi connectivity index (χ1v) is 6.89. The zero-order chi connectivity index (χ0) is 16.1. The predicted molar refractivity (Wildman–Crippen MR) is 79.2 cm³/mol. The molecule has 22 heavy (non-hydrogen) atoms. The van der Waals surface area contributed by atoms with Crippen molar-refractivity contribution in [3.05, 3.63) is 57.0 Å². The molecule has 0 saturated heterocycles. The molecular formula is C15H17N3O4. The van der Waals surface area contributed by atoms with Crippen molar-refractivity contribution in [3.8, 4) is 0 Å². The fraction of sp³-hybridized carbons (Fsp3) is 0.333. The second kappa shape index (κ2) is 6.84. The summed E-state index contributed by atoms with van der Waals surface area (Å²) in [4.78, 5) is 22.3. The molecule has 0 aliphatic carbocycles. The van der Waals surface area contributed by atoms with E-state index in [1.54, 1.807) is 25.1 Å². The van der Waals surface area contributed by atoms with Crippen LogP contribution in [0.25, 0.3) is 0 Å². The van der Waals surface area contributed by atoms with Crippen molar-refractivity contribution < 1.29 is 14.2 Å². The van der Waals surface area contributed by atoms with Crippen LogP contribution in [0, 0.1) is 24.0 Å². The number of nitrogens with zero attached hydrogens (tertiary/aromatic N) is 2. The van der Waals surface area contributed by atoms with E-state index in [2.05, 4.69) is 10.5 Å². The number of amides is 1. The van der Waals surface area contributed by atoms with Crippen LogP contribution in [0.4, 0.5) is 5.69 Å². The number of hydrogen-bond acceptors (Lipinski definition) is 5. The third kappa shape index (κ3) is 3.69. The summed E-state index contributed by atoms with van der Waals surface area (Å²) in [5, 5.41) is 17.4. The van der Waals surface area contributed by atoms with E-state index in [0.29, 0.717) is 17.7 Å². The fourth-order valence-electron chi connectivity index (χ4n) is 2.22. The van der Waals surface area contributed by atoms with Crippen LogP contribution in [0.3, 0.4) is 0 Å². The number of nitrogens with one attached hydrogen (secondary N) is 1. The van der Waals surface area contributed by atoms with Gasteiger partial charge in [0.1, 0.15) is 5.76 Å². The summed E-state index contributed by atoms with van der Waals surface area (Å²) in [5.74, 6) is 0.544. The highest BCUT2D eigenvalue weighted by Gasteiger charge is 2.14. The van der Waals surface area contributed by atoms with Crippen molar-refractivity contribution >= 4 is 11.6 Å². The fourth-order valence-corrected chi connectivity index (χ4v) is 2.22. The minimum atomic E-state index is -0.453. The molecule has 1 aromatic carbocycles. The van der Waals surface area contributed by atoms with Gasteiger partial charge in [0.05, 0.1) is 10.6 Å². The third-order valence-corrected chi connectivity index (χ3v) is 3.45. The van der Waals surface area contributed by atoms with Crippen molar-refractivity contribution in [3.63, 3.8) is 0 Å². The van der Waals surface area contributed by atoms with Gasteiger partial charge in [-0.25, -0.2) is 0 Å². The third-order valence-electron chi connectivity index (χ3n) is 3.45. The minimum Gasteiger partial charge on any atom is -0.361 e. The van der Waals surface area contributed by atoms with E-state index in [1.165, 1.54) is 6.07 Å². The summed E-state index contributed by atoms with van der Waals surface area (Å²) in [7, 11) is 0. The number of aryl methyl sites for hydroxylation is 2. The van der Waals surface area contributed by atoms with Gasteiger partial charge in [0.2, 0.25) is 5.91 Å². The van der Waals surface area contributed by atoms with Gasteiger partial charge < -0.3 is 9.84 Å². The topological polar surface area (TPSA) is 98.3 Å². The van der Waals surface area contributed by atoms with Crippen LogP contribution in [-0.4, -0.2) is 16.0 Å². The molecule has 0 saturated carbocycles.